The third-order valence-corrected chi connectivity index (χ3v) is 6.45. The minimum atomic E-state index is -3.82. The molecule has 7 heteroatoms. The van der Waals surface area contributed by atoms with Crippen LogP contribution >= 0.6 is 0 Å². The van der Waals surface area contributed by atoms with E-state index in [1.54, 1.807) is 0 Å². The Kier molecular flexibility index (Phi) is 6.57. The molecular weight excluding hydrogens is 391 g/mol. The maximum atomic E-state index is 14.1. The Morgan fingerprint density at radius 1 is 1.14 bits per heavy atom. The van der Waals surface area contributed by atoms with E-state index in [9.17, 15) is 17.6 Å². The normalized spacial score (nSPS) is 14.7. The van der Waals surface area contributed by atoms with Crippen molar-refractivity contribution in [2.75, 3.05) is 17.1 Å². The van der Waals surface area contributed by atoms with Crippen LogP contribution in [0.25, 0.3) is 0 Å². The number of anilines is 1. The number of halogens is 1. The van der Waals surface area contributed by atoms with Crippen molar-refractivity contribution >= 4 is 21.6 Å². The van der Waals surface area contributed by atoms with E-state index in [0.717, 1.165) is 29.0 Å². The summed E-state index contributed by atoms with van der Waals surface area (Å²) in [4.78, 5) is 12.7. The average molecular weight is 419 g/mol. The summed E-state index contributed by atoms with van der Waals surface area (Å²) in [6.07, 6.45) is 6.15. The Balaban J connectivity index is 1.77. The van der Waals surface area contributed by atoms with Crippen LogP contribution in [0.3, 0.4) is 0 Å². The number of fused-ring (bicyclic) bond motifs is 1. The van der Waals surface area contributed by atoms with E-state index >= 15 is 0 Å². The smallest absolute Gasteiger partial charge is 0.241 e. The lowest BCUT2D eigenvalue weighted by Crippen LogP contribution is -2.41. The Morgan fingerprint density at radius 2 is 1.83 bits per heavy atom. The quantitative estimate of drug-likeness (QED) is 0.745. The predicted octanol–water partition coefficient (Wildman–Crippen LogP) is 3.74. The van der Waals surface area contributed by atoms with Crippen LogP contribution in [0.1, 0.15) is 48.9 Å². The number of sulfonamides is 1. The van der Waals surface area contributed by atoms with Gasteiger partial charge in [0.15, 0.2) is 0 Å². The van der Waals surface area contributed by atoms with E-state index in [-0.39, 0.29) is 11.7 Å². The van der Waals surface area contributed by atoms with Gasteiger partial charge in [0.05, 0.1) is 18.0 Å². The zero-order chi connectivity index (χ0) is 21.0. The fourth-order valence-corrected chi connectivity index (χ4v) is 4.65. The van der Waals surface area contributed by atoms with E-state index < -0.39 is 28.3 Å². The Bertz CT molecular complexity index is 991. The highest BCUT2D eigenvalue weighted by Crippen LogP contribution is 2.26. The number of amides is 1. The fourth-order valence-electron chi connectivity index (χ4n) is 3.80. The number of carbonyl (C=O) groups excluding carboxylic acids is 1. The molecular formula is C22H27FN2O3S. The van der Waals surface area contributed by atoms with Crippen LogP contribution in [0.4, 0.5) is 10.1 Å². The number of carbonyl (C=O) groups is 1. The van der Waals surface area contributed by atoms with E-state index in [1.165, 1.54) is 48.2 Å². The second-order valence-electron chi connectivity index (χ2n) is 7.48. The first-order valence-corrected chi connectivity index (χ1v) is 11.8. The molecule has 0 unspecified atom stereocenters. The molecule has 2 aromatic carbocycles. The number of hydrogen-bond acceptors (Lipinski definition) is 3. The van der Waals surface area contributed by atoms with Crippen LogP contribution in [-0.4, -0.2) is 27.1 Å². The predicted molar refractivity (Wildman–Crippen MR) is 113 cm³/mol. The summed E-state index contributed by atoms with van der Waals surface area (Å²) in [7, 11) is -3.82. The number of nitrogens with one attached hydrogen (secondary N) is 1. The van der Waals surface area contributed by atoms with Gasteiger partial charge in [-0.15, -0.1) is 0 Å². The lowest BCUT2D eigenvalue weighted by atomic mass is 9.89. The number of hydrogen-bond donors (Lipinski definition) is 1. The number of nitrogens with zero attached hydrogens (tertiary/aromatic N) is 1. The molecule has 0 bridgehead atoms. The Hall–Kier alpha value is -2.41. The van der Waals surface area contributed by atoms with Gasteiger partial charge in [-0.1, -0.05) is 37.3 Å². The van der Waals surface area contributed by atoms with Gasteiger partial charge in [0.1, 0.15) is 12.4 Å². The van der Waals surface area contributed by atoms with Crippen molar-refractivity contribution in [2.24, 2.45) is 0 Å². The summed E-state index contributed by atoms with van der Waals surface area (Å²) in [5.41, 5.74) is 3.57. The average Bonchev–Trinajstić information content (AvgIpc) is 2.70. The van der Waals surface area contributed by atoms with Gasteiger partial charge < -0.3 is 5.32 Å². The minimum absolute atomic E-state index is 0.132. The molecule has 0 spiro atoms. The van der Waals surface area contributed by atoms with Crippen LogP contribution < -0.4 is 9.62 Å². The van der Waals surface area contributed by atoms with Crippen molar-refractivity contribution in [1.82, 2.24) is 5.32 Å². The largest absolute Gasteiger partial charge is 0.348 e. The van der Waals surface area contributed by atoms with E-state index in [4.69, 9.17) is 0 Å². The van der Waals surface area contributed by atoms with Crippen molar-refractivity contribution in [1.29, 1.82) is 0 Å². The zero-order valence-electron chi connectivity index (χ0n) is 16.8. The molecule has 1 atom stereocenters. The van der Waals surface area contributed by atoms with Gasteiger partial charge in [-0.3, -0.25) is 9.10 Å². The highest BCUT2D eigenvalue weighted by Gasteiger charge is 2.25. The maximum absolute atomic E-state index is 14.1. The second kappa shape index (κ2) is 8.95. The lowest BCUT2D eigenvalue weighted by molar-refractivity contribution is -0.120. The van der Waals surface area contributed by atoms with E-state index in [2.05, 4.69) is 17.4 Å². The van der Waals surface area contributed by atoms with Crippen molar-refractivity contribution in [3.63, 3.8) is 0 Å². The first kappa shape index (κ1) is 21.3. The topological polar surface area (TPSA) is 66.5 Å². The van der Waals surface area contributed by atoms with E-state index in [1.807, 2.05) is 13.0 Å². The summed E-state index contributed by atoms with van der Waals surface area (Å²) >= 11 is 0. The Morgan fingerprint density at radius 3 is 2.48 bits per heavy atom. The maximum Gasteiger partial charge on any atom is 0.241 e. The fraction of sp³-hybridized carbons (Fsp3) is 0.409. The molecule has 1 aliphatic carbocycles. The molecule has 5 nitrogen and oxygen atoms in total. The Labute approximate surface area is 172 Å². The summed E-state index contributed by atoms with van der Waals surface area (Å²) in [5, 5.41) is 2.91. The molecule has 156 valence electrons. The van der Waals surface area contributed by atoms with Crippen LogP contribution in [0.5, 0.6) is 0 Å². The van der Waals surface area contributed by atoms with Crippen molar-refractivity contribution < 1.29 is 17.6 Å². The molecule has 0 saturated carbocycles. The number of aryl methyl sites for hydroxylation is 2. The van der Waals surface area contributed by atoms with Gasteiger partial charge in [0, 0.05) is 0 Å². The molecule has 0 saturated heterocycles. The highest BCUT2D eigenvalue weighted by atomic mass is 32.2. The highest BCUT2D eigenvalue weighted by molar-refractivity contribution is 7.92. The first-order valence-electron chi connectivity index (χ1n) is 9.93. The number of benzene rings is 2. The minimum Gasteiger partial charge on any atom is -0.348 e. The summed E-state index contributed by atoms with van der Waals surface area (Å²) in [6.45, 7) is 1.50. The SMILES string of the molecule is CC[C@@H](NC(=O)CN(c1ccccc1F)S(C)(=O)=O)c1ccc2c(c1)CCCC2. The third kappa shape index (κ3) is 5.15. The van der Waals surface area contributed by atoms with Gasteiger partial charge >= 0.3 is 0 Å². The second-order valence-corrected chi connectivity index (χ2v) is 9.39. The molecule has 0 radical (unpaired) electrons. The third-order valence-electron chi connectivity index (χ3n) is 5.33. The van der Waals surface area contributed by atoms with Crippen molar-refractivity contribution in [3.8, 4) is 0 Å². The van der Waals surface area contributed by atoms with Crippen LogP contribution in [0, 0.1) is 5.82 Å². The molecule has 0 aliphatic heterocycles. The number of para-hydroxylation sites is 1. The lowest BCUT2D eigenvalue weighted by Gasteiger charge is -2.25. The van der Waals surface area contributed by atoms with Gasteiger partial charge in [-0.25, -0.2) is 12.8 Å². The molecule has 1 amide bonds. The van der Waals surface area contributed by atoms with Crippen LogP contribution in [0.2, 0.25) is 0 Å². The van der Waals surface area contributed by atoms with Gasteiger partial charge in [-0.2, -0.15) is 0 Å². The van der Waals surface area contributed by atoms with Gasteiger partial charge in [0.2, 0.25) is 15.9 Å². The molecule has 3 rings (SSSR count). The molecule has 0 aromatic heterocycles. The van der Waals surface area contributed by atoms with Gasteiger partial charge in [-0.05, 0) is 60.9 Å². The molecule has 0 fully saturated rings. The molecule has 0 heterocycles. The summed E-state index contributed by atoms with van der Waals surface area (Å²) < 4.78 is 39.3. The van der Waals surface area contributed by atoms with Crippen LogP contribution in [0.15, 0.2) is 42.5 Å². The molecule has 1 N–H and O–H groups in total. The number of rotatable bonds is 7. The monoisotopic (exact) mass is 418 g/mol. The van der Waals surface area contributed by atoms with Crippen LogP contribution in [-0.2, 0) is 27.7 Å². The van der Waals surface area contributed by atoms with E-state index in [0.29, 0.717) is 6.42 Å². The molecule has 2 aromatic rings. The van der Waals surface area contributed by atoms with Gasteiger partial charge in [0.25, 0.3) is 0 Å². The van der Waals surface area contributed by atoms with Crippen molar-refractivity contribution in [2.45, 2.75) is 45.1 Å². The molecule has 1 aliphatic rings. The summed E-state index contributed by atoms with van der Waals surface area (Å²) in [5.74, 6) is -1.16. The first-order chi connectivity index (χ1) is 13.8. The zero-order valence-corrected chi connectivity index (χ0v) is 17.6. The van der Waals surface area contributed by atoms with Crippen molar-refractivity contribution in [3.05, 3.63) is 65.0 Å². The molecule has 29 heavy (non-hydrogen) atoms. The summed E-state index contributed by atoms with van der Waals surface area (Å²) in [6, 6.07) is 11.6. The standard InChI is InChI=1S/C22H27FN2O3S/c1-3-20(18-13-12-16-8-4-5-9-17(16)14-18)24-22(26)15-25(29(2,27)28)21-11-7-6-10-19(21)23/h6-7,10-14,20H,3-5,8-9,15H2,1-2H3,(H,24,26)/t20-/m1/s1.